The summed E-state index contributed by atoms with van der Waals surface area (Å²) < 4.78 is 25.0. The zero-order valence-corrected chi connectivity index (χ0v) is 14.4. The molecule has 1 aromatic carbocycles. The van der Waals surface area contributed by atoms with Gasteiger partial charge in [0.15, 0.2) is 0 Å². The molecule has 0 radical (unpaired) electrons. The van der Waals surface area contributed by atoms with Gasteiger partial charge in [-0.05, 0) is 30.9 Å². The van der Waals surface area contributed by atoms with Crippen molar-refractivity contribution in [2.45, 2.75) is 12.8 Å². The second kappa shape index (κ2) is 6.86. The van der Waals surface area contributed by atoms with Crippen LogP contribution in [-0.2, 0) is 10.0 Å². The van der Waals surface area contributed by atoms with Gasteiger partial charge < -0.3 is 4.90 Å². The summed E-state index contributed by atoms with van der Waals surface area (Å²) >= 11 is 0. The van der Waals surface area contributed by atoms with E-state index in [0.29, 0.717) is 25.3 Å². The van der Waals surface area contributed by atoms with Gasteiger partial charge in [0.1, 0.15) is 5.69 Å². The standard InChI is InChI=1S/C17H21N3O3S/c1-24(22,23)18-11-13-5-4-10-20(12-13)17(21)16-9-8-14-6-2-3-7-15(14)19-16/h2-3,6-9,13,18H,4-5,10-12H2,1H3. The van der Waals surface area contributed by atoms with Crippen LogP contribution in [0.5, 0.6) is 0 Å². The molecular formula is C17H21N3O3S. The molecule has 1 amide bonds. The molecule has 2 aromatic rings. The van der Waals surface area contributed by atoms with E-state index in [1.165, 1.54) is 0 Å². The number of pyridine rings is 1. The largest absolute Gasteiger partial charge is 0.337 e. The molecule has 1 aromatic heterocycles. The molecule has 0 saturated carbocycles. The number of hydrogen-bond donors (Lipinski definition) is 1. The first kappa shape index (κ1) is 16.9. The minimum atomic E-state index is -3.20. The molecule has 1 N–H and O–H groups in total. The zero-order valence-electron chi connectivity index (χ0n) is 13.6. The third kappa shape index (κ3) is 4.10. The van der Waals surface area contributed by atoms with Crippen molar-refractivity contribution >= 4 is 26.8 Å². The highest BCUT2D eigenvalue weighted by Gasteiger charge is 2.25. The molecule has 0 bridgehead atoms. The third-order valence-electron chi connectivity index (χ3n) is 4.26. The minimum absolute atomic E-state index is 0.0928. The number of piperidine rings is 1. The molecule has 24 heavy (non-hydrogen) atoms. The summed E-state index contributed by atoms with van der Waals surface area (Å²) in [6, 6.07) is 11.4. The first-order chi connectivity index (χ1) is 11.4. The van der Waals surface area contributed by atoms with Gasteiger partial charge in [0.05, 0.1) is 11.8 Å². The highest BCUT2D eigenvalue weighted by molar-refractivity contribution is 7.88. The van der Waals surface area contributed by atoms with Crippen LogP contribution < -0.4 is 4.72 Å². The first-order valence-electron chi connectivity index (χ1n) is 8.02. The van der Waals surface area contributed by atoms with E-state index in [0.717, 1.165) is 30.0 Å². The molecule has 1 aliphatic heterocycles. The van der Waals surface area contributed by atoms with Crippen molar-refractivity contribution < 1.29 is 13.2 Å². The van der Waals surface area contributed by atoms with Gasteiger partial charge >= 0.3 is 0 Å². The first-order valence-corrected chi connectivity index (χ1v) is 9.91. The van der Waals surface area contributed by atoms with E-state index in [2.05, 4.69) is 9.71 Å². The zero-order chi connectivity index (χ0) is 17.2. The lowest BCUT2D eigenvalue weighted by atomic mass is 9.98. The monoisotopic (exact) mass is 347 g/mol. The normalized spacial score (nSPS) is 18.7. The molecule has 0 aliphatic carbocycles. The van der Waals surface area contributed by atoms with Gasteiger partial charge in [-0.2, -0.15) is 0 Å². The van der Waals surface area contributed by atoms with Crippen molar-refractivity contribution in [1.82, 2.24) is 14.6 Å². The number of fused-ring (bicyclic) bond motifs is 1. The molecule has 7 heteroatoms. The molecule has 128 valence electrons. The highest BCUT2D eigenvalue weighted by atomic mass is 32.2. The average Bonchev–Trinajstić information content (AvgIpc) is 2.58. The number of rotatable bonds is 4. The van der Waals surface area contributed by atoms with E-state index in [1.807, 2.05) is 30.3 Å². The number of carbonyl (C=O) groups is 1. The van der Waals surface area contributed by atoms with E-state index >= 15 is 0 Å². The Morgan fingerprint density at radius 3 is 2.88 bits per heavy atom. The number of amides is 1. The number of carbonyl (C=O) groups excluding carboxylic acids is 1. The summed E-state index contributed by atoms with van der Waals surface area (Å²) in [7, 11) is -3.20. The Morgan fingerprint density at radius 1 is 1.29 bits per heavy atom. The Bertz CT molecular complexity index is 851. The molecule has 1 atom stereocenters. The summed E-state index contributed by atoms with van der Waals surface area (Å²) in [5.74, 6) is 0.0442. The fraction of sp³-hybridized carbons (Fsp3) is 0.412. The van der Waals surface area contributed by atoms with Crippen molar-refractivity contribution in [3.05, 3.63) is 42.1 Å². The second-order valence-electron chi connectivity index (χ2n) is 6.27. The number of benzene rings is 1. The molecule has 1 saturated heterocycles. The maximum absolute atomic E-state index is 12.7. The summed E-state index contributed by atoms with van der Waals surface area (Å²) in [6.07, 6.45) is 2.94. The fourth-order valence-corrected chi connectivity index (χ4v) is 3.57. The van der Waals surface area contributed by atoms with Gasteiger partial charge in [-0.3, -0.25) is 4.79 Å². The third-order valence-corrected chi connectivity index (χ3v) is 4.95. The summed E-state index contributed by atoms with van der Waals surface area (Å²) in [5.41, 5.74) is 1.24. The van der Waals surface area contributed by atoms with Crippen LogP contribution in [0.25, 0.3) is 10.9 Å². The molecule has 1 unspecified atom stereocenters. The Kier molecular flexibility index (Phi) is 4.82. The number of nitrogens with one attached hydrogen (secondary N) is 1. The van der Waals surface area contributed by atoms with Crippen LogP contribution in [0, 0.1) is 5.92 Å². The van der Waals surface area contributed by atoms with Crippen LogP contribution >= 0.6 is 0 Å². The number of sulfonamides is 1. The quantitative estimate of drug-likeness (QED) is 0.912. The lowest BCUT2D eigenvalue weighted by Crippen LogP contribution is -2.43. The Balaban J connectivity index is 1.71. The minimum Gasteiger partial charge on any atom is -0.337 e. The summed E-state index contributed by atoms with van der Waals surface area (Å²) in [6.45, 7) is 1.60. The Labute approximate surface area is 141 Å². The maximum Gasteiger partial charge on any atom is 0.272 e. The van der Waals surface area contributed by atoms with Crippen LogP contribution in [0.3, 0.4) is 0 Å². The number of para-hydroxylation sites is 1. The average molecular weight is 347 g/mol. The van der Waals surface area contributed by atoms with Gasteiger partial charge in [-0.25, -0.2) is 18.1 Å². The molecule has 2 heterocycles. The van der Waals surface area contributed by atoms with E-state index in [4.69, 9.17) is 0 Å². The SMILES string of the molecule is CS(=O)(=O)NCC1CCCN(C(=O)c2ccc3ccccc3n2)C1. The molecular weight excluding hydrogens is 326 g/mol. The van der Waals surface area contributed by atoms with Gasteiger partial charge in [-0.1, -0.05) is 24.3 Å². The fourth-order valence-electron chi connectivity index (χ4n) is 3.03. The lowest BCUT2D eigenvalue weighted by molar-refractivity contribution is 0.0671. The van der Waals surface area contributed by atoms with Crippen molar-refractivity contribution in [3.8, 4) is 0 Å². The van der Waals surface area contributed by atoms with E-state index in [-0.39, 0.29) is 11.8 Å². The maximum atomic E-state index is 12.7. The van der Waals surface area contributed by atoms with Crippen LogP contribution in [0.1, 0.15) is 23.3 Å². The van der Waals surface area contributed by atoms with Crippen LogP contribution in [0.15, 0.2) is 36.4 Å². The van der Waals surface area contributed by atoms with E-state index in [1.54, 1.807) is 11.0 Å². The Hall–Kier alpha value is -1.99. The number of likely N-dealkylation sites (tertiary alicyclic amines) is 1. The predicted octanol–water partition coefficient (Wildman–Crippen LogP) is 1.64. The highest BCUT2D eigenvalue weighted by Crippen LogP contribution is 2.19. The van der Waals surface area contributed by atoms with Crippen molar-refractivity contribution in [3.63, 3.8) is 0 Å². The van der Waals surface area contributed by atoms with Crippen LogP contribution in [0.4, 0.5) is 0 Å². The molecule has 1 fully saturated rings. The number of aromatic nitrogens is 1. The topological polar surface area (TPSA) is 79.4 Å². The van der Waals surface area contributed by atoms with E-state index < -0.39 is 10.0 Å². The molecule has 6 nitrogen and oxygen atoms in total. The molecule has 0 spiro atoms. The van der Waals surface area contributed by atoms with Crippen LogP contribution in [0.2, 0.25) is 0 Å². The second-order valence-corrected chi connectivity index (χ2v) is 8.10. The molecule has 3 rings (SSSR count). The van der Waals surface area contributed by atoms with Gasteiger partial charge in [0.2, 0.25) is 10.0 Å². The Morgan fingerprint density at radius 2 is 2.08 bits per heavy atom. The van der Waals surface area contributed by atoms with Gasteiger partial charge in [0.25, 0.3) is 5.91 Å². The van der Waals surface area contributed by atoms with Gasteiger partial charge in [0, 0.05) is 25.0 Å². The summed E-state index contributed by atoms with van der Waals surface area (Å²) in [5, 5.41) is 1.00. The predicted molar refractivity (Wildman–Crippen MR) is 93.2 cm³/mol. The summed E-state index contributed by atoms with van der Waals surface area (Å²) in [4.78, 5) is 18.9. The van der Waals surface area contributed by atoms with Crippen molar-refractivity contribution in [2.24, 2.45) is 5.92 Å². The smallest absolute Gasteiger partial charge is 0.272 e. The number of nitrogens with zero attached hydrogens (tertiary/aromatic N) is 2. The lowest BCUT2D eigenvalue weighted by Gasteiger charge is -2.32. The van der Waals surface area contributed by atoms with Crippen molar-refractivity contribution in [2.75, 3.05) is 25.9 Å². The van der Waals surface area contributed by atoms with E-state index in [9.17, 15) is 13.2 Å². The molecule has 1 aliphatic rings. The van der Waals surface area contributed by atoms with Gasteiger partial charge in [-0.15, -0.1) is 0 Å². The number of hydrogen-bond acceptors (Lipinski definition) is 4. The van der Waals surface area contributed by atoms with Crippen molar-refractivity contribution in [1.29, 1.82) is 0 Å². The van der Waals surface area contributed by atoms with Crippen LogP contribution in [-0.4, -0.2) is 50.1 Å².